The third-order valence-electron chi connectivity index (χ3n) is 4.48. The van der Waals surface area contributed by atoms with E-state index in [-0.39, 0.29) is 6.04 Å². The number of aromatic nitrogens is 1. The highest BCUT2D eigenvalue weighted by atomic mass is 32.1. The van der Waals surface area contributed by atoms with E-state index in [4.69, 9.17) is 0 Å². The first-order valence-electron chi connectivity index (χ1n) is 8.10. The molecule has 0 spiro atoms. The second-order valence-corrected chi connectivity index (χ2v) is 7.35. The Labute approximate surface area is 140 Å². The Morgan fingerprint density at radius 3 is 2.83 bits per heavy atom. The van der Waals surface area contributed by atoms with E-state index in [0.717, 1.165) is 25.1 Å². The summed E-state index contributed by atoms with van der Waals surface area (Å²) < 4.78 is 0. The molecule has 3 heterocycles. The van der Waals surface area contributed by atoms with Crippen molar-refractivity contribution in [2.75, 3.05) is 6.54 Å². The summed E-state index contributed by atoms with van der Waals surface area (Å²) in [7, 11) is 0. The van der Waals surface area contributed by atoms with E-state index in [0.29, 0.717) is 6.42 Å². The molecule has 1 N–H and O–H groups in total. The van der Waals surface area contributed by atoms with Crippen molar-refractivity contribution < 1.29 is 9.90 Å². The maximum absolute atomic E-state index is 11.6. The molecule has 0 radical (unpaired) electrons. The third kappa shape index (κ3) is 3.31. The molecule has 2 unspecified atom stereocenters. The van der Waals surface area contributed by atoms with Crippen LogP contribution < -0.4 is 0 Å². The molecule has 4 nitrogen and oxygen atoms in total. The highest BCUT2D eigenvalue weighted by molar-refractivity contribution is 7.12. The van der Waals surface area contributed by atoms with Crippen LogP contribution >= 0.6 is 11.3 Å². The molecule has 0 aromatic carbocycles. The van der Waals surface area contributed by atoms with E-state index in [1.54, 1.807) is 11.3 Å². The Morgan fingerprint density at radius 1 is 1.43 bits per heavy atom. The molecule has 1 aliphatic heterocycles. The maximum Gasteiger partial charge on any atom is 0.320 e. The number of aliphatic carboxylic acids is 1. The second kappa shape index (κ2) is 6.81. The van der Waals surface area contributed by atoms with Gasteiger partial charge >= 0.3 is 5.97 Å². The number of carboxylic acids is 1. The summed E-state index contributed by atoms with van der Waals surface area (Å²) in [5.41, 5.74) is 2.14. The highest BCUT2D eigenvalue weighted by Gasteiger charge is 2.37. The minimum Gasteiger partial charge on any atom is -0.480 e. The van der Waals surface area contributed by atoms with E-state index in [2.05, 4.69) is 48.0 Å². The average molecular weight is 330 g/mol. The number of pyridine rings is 1. The summed E-state index contributed by atoms with van der Waals surface area (Å²) in [6, 6.07) is 7.87. The fraction of sp³-hybridized carbons (Fsp3) is 0.444. The fourth-order valence-corrected chi connectivity index (χ4v) is 4.26. The first kappa shape index (κ1) is 16.1. The van der Waals surface area contributed by atoms with Crippen LogP contribution in [0.5, 0.6) is 0 Å². The van der Waals surface area contributed by atoms with Crippen LogP contribution in [0.1, 0.15) is 46.8 Å². The van der Waals surface area contributed by atoms with Gasteiger partial charge in [0.1, 0.15) is 6.04 Å². The van der Waals surface area contributed by atoms with Crippen LogP contribution in [0.4, 0.5) is 0 Å². The maximum atomic E-state index is 11.6. The molecule has 2 aromatic rings. The Balaban J connectivity index is 2.01. The van der Waals surface area contributed by atoms with Crippen molar-refractivity contribution in [3.8, 4) is 0 Å². The number of aryl methyl sites for hydroxylation is 2. The third-order valence-corrected chi connectivity index (χ3v) is 5.53. The van der Waals surface area contributed by atoms with Crippen LogP contribution in [0.25, 0.3) is 0 Å². The van der Waals surface area contributed by atoms with Crippen LogP contribution in [-0.2, 0) is 11.2 Å². The first-order chi connectivity index (χ1) is 11.1. The van der Waals surface area contributed by atoms with Gasteiger partial charge in [0.25, 0.3) is 0 Å². The monoisotopic (exact) mass is 330 g/mol. The number of likely N-dealkylation sites (tertiary alicyclic amines) is 1. The van der Waals surface area contributed by atoms with Gasteiger partial charge in [-0.2, -0.15) is 0 Å². The number of hydrogen-bond acceptors (Lipinski definition) is 4. The van der Waals surface area contributed by atoms with Gasteiger partial charge in [-0.05, 0) is 49.9 Å². The van der Waals surface area contributed by atoms with E-state index >= 15 is 0 Å². The molecule has 5 heteroatoms. The van der Waals surface area contributed by atoms with E-state index in [1.165, 1.54) is 15.3 Å². The van der Waals surface area contributed by atoms with Crippen molar-refractivity contribution in [2.24, 2.45) is 0 Å². The molecule has 3 rings (SSSR count). The molecule has 0 saturated carbocycles. The molecular weight excluding hydrogens is 308 g/mol. The summed E-state index contributed by atoms with van der Waals surface area (Å²) >= 11 is 1.73. The van der Waals surface area contributed by atoms with Gasteiger partial charge in [-0.25, -0.2) is 0 Å². The molecule has 23 heavy (non-hydrogen) atoms. The largest absolute Gasteiger partial charge is 0.480 e. The molecule has 0 bridgehead atoms. The lowest BCUT2D eigenvalue weighted by Crippen LogP contribution is -2.39. The van der Waals surface area contributed by atoms with Crippen LogP contribution in [0.15, 0.2) is 30.5 Å². The molecule has 2 atom stereocenters. The predicted molar refractivity (Wildman–Crippen MR) is 91.9 cm³/mol. The van der Waals surface area contributed by atoms with Crippen LogP contribution in [-0.4, -0.2) is 33.5 Å². The van der Waals surface area contributed by atoms with Crippen molar-refractivity contribution in [3.05, 3.63) is 51.5 Å². The summed E-state index contributed by atoms with van der Waals surface area (Å²) in [5.74, 6) is -0.731. The quantitative estimate of drug-likeness (QED) is 0.909. The zero-order valence-corrected chi connectivity index (χ0v) is 14.3. The van der Waals surface area contributed by atoms with Gasteiger partial charge in [0.2, 0.25) is 0 Å². The normalized spacial score (nSPS) is 19.8. The molecule has 122 valence electrons. The molecule has 0 amide bonds. The number of rotatable bonds is 5. The standard InChI is InChI=1S/C18H22N2O2S/c1-3-13-7-8-14(19-11-13)17(16-9-6-12(2)23-16)20-10-4-5-15(20)18(21)22/h6-9,11,15,17H,3-5,10H2,1-2H3,(H,21,22). The highest BCUT2D eigenvalue weighted by Crippen LogP contribution is 2.37. The van der Waals surface area contributed by atoms with Gasteiger partial charge in [0.15, 0.2) is 0 Å². The number of thiophene rings is 1. The summed E-state index contributed by atoms with van der Waals surface area (Å²) in [5, 5.41) is 9.56. The average Bonchev–Trinajstić information content (AvgIpc) is 3.18. The lowest BCUT2D eigenvalue weighted by molar-refractivity contribution is -0.142. The minimum absolute atomic E-state index is 0.0665. The van der Waals surface area contributed by atoms with Crippen molar-refractivity contribution in [1.82, 2.24) is 9.88 Å². The smallest absolute Gasteiger partial charge is 0.320 e. The van der Waals surface area contributed by atoms with E-state index < -0.39 is 12.0 Å². The van der Waals surface area contributed by atoms with Gasteiger partial charge in [-0.1, -0.05) is 13.0 Å². The van der Waals surface area contributed by atoms with Gasteiger partial charge < -0.3 is 5.11 Å². The van der Waals surface area contributed by atoms with Gasteiger partial charge in [0, 0.05) is 22.5 Å². The predicted octanol–water partition coefficient (Wildman–Crippen LogP) is 3.65. The Bertz CT molecular complexity index is 681. The SMILES string of the molecule is CCc1ccc(C(c2ccc(C)s2)N2CCCC2C(=O)O)nc1. The molecule has 2 aromatic heterocycles. The zero-order valence-electron chi connectivity index (χ0n) is 13.5. The Morgan fingerprint density at radius 2 is 2.26 bits per heavy atom. The van der Waals surface area contributed by atoms with Crippen molar-refractivity contribution in [1.29, 1.82) is 0 Å². The number of carboxylic acid groups (broad SMARTS) is 1. The van der Waals surface area contributed by atoms with Crippen LogP contribution in [0.3, 0.4) is 0 Å². The Hall–Kier alpha value is -1.72. The minimum atomic E-state index is -0.731. The summed E-state index contributed by atoms with van der Waals surface area (Å²) in [4.78, 5) is 20.8. The summed E-state index contributed by atoms with van der Waals surface area (Å²) in [6.07, 6.45) is 4.50. The van der Waals surface area contributed by atoms with Crippen molar-refractivity contribution in [3.63, 3.8) is 0 Å². The Kier molecular flexibility index (Phi) is 4.78. The molecular formula is C18H22N2O2S. The van der Waals surface area contributed by atoms with Crippen LogP contribution in [0, 0.1) is 6.92 Å². The van der Waals surface area contributed by atoms with E-state index in [1.807, 2.05) is 6.20 Å². The van der Waals surface area contributed by atoms with Crippen LogP contribution in [0.2, 0.25) is 0 Å². The summed E-state index contributed by atoms with van der Waals surface area (Å²) in [6.45, 7) is 4.99. The zero-order chi connectivity index (χ0) is 16.4. The molecule has 1 aliphatic rings. The van der Waals surface area contributed by atoms with Gasteiger partial charge in [0.05, 0.1) is 11.7 Å². The lowest BCUT2D eigenvalue weighted by atomic mass is 10.1. The van der Waals surface area contributed by atoms with Gasteiger partial charge in [-0.15, -0.1) is 11.3 Å². The number of nitrogens with zero attached hydrogens (tertiary/aromatic N) is 2. The number of hydrogen-bond donors (Lipinski definition) is 1. The first-order valence-corrected chi connectivity index (χ1v) is 8.91. The lowest BCUT2D eigenvalue weighted by Gasteiger charge is -2.30. The molecule has 1 fully saturated rings. The van der Waals surface area contributed by atoms with Crippen molar-refractivity contribution in [2.45, 2.75) is 45.2 Å². The molecule has 1 saturated heterocycles. The molecule has 0 aliphatic carbocycles. The van der Waals surface area contributed by atoms with Crippen molar-refractivity contribution >= 4 is 17.3 Å². The fourth-order valence-electron chi connectivity index (χ4n) is 3.25. The topological polar surface area (TPSA) is 53.4 Å². The number of carbonyl (C=O) groups is 1. The van der Waals surface area contributed by atoms with E-state index in [9.17, 15) is 9.90 Å². The second-order valence-electron chi connectivity index (χ2n) is 6.03. The van der Waals surface area contributed by atoms with Gasteiger partial charge in [-0.3, -0.25) is 14.7 Å².